The second-order valence-electron chi connectivity index (χ2n) is 4.52. The zero-order chi connectivity index (χ0) is 12.7. The van der Waals surface area contributed by atoms with Gasteiger partial charge >= 0.3 is 0 Å². The lowest BCUT2D eigenvalue weighted by molar-refractivity contribution is 0.304. The van der Waals surface area contributed by atoms with Crippen LogP contribution in [0.25, 0.3) is 11.1 Å². The molecule has 18 heavy (non-hydrogen) atoms. The molecule has 0 radical (unpaired) electrons. The minimum atomic E-state index is -0.309. The number of benzene rings is 1. The number of nitrogen functional groups attached to an aromatic ring is 1. The molecule has 1 aliphatic carbocycles. The van der Waals surface area contributed by atoms with Crippen molar-refractivity contribution < 1.29 is 9.13 Å². The van der Waals surface area contributed by atoms with Gasteiger partial charge < -0.3 is 10.5 Å². The second kappa shape index (κ2) is 4.01. The maximum Gasteiger partial charge on any atom is 0.129 e. The Labute approximate surface area is 104 Å². The second-order valence-corrected chi connectivity index (χ2v) is 4.52. The summed E-state index contributed by atoms with van der Waals surface area (Å²) < 4.78 is 20.7. The van der Waals surface area contributed by atoms with E-state index < -0.39 is 0 Å². The number of halogens is 1. The Morgan fingerprint density at radius 3 is 2.78 bits per heavy atom. The van der Waals surface area contributed by atoms with Gasteiger partial charge in [-0.3, -0.25) is 4.68 Å². The number of rotatable bonds is 3. The first-order chi connectivity index (χ1) is 8.65. The monoisotopic (exact) mass is 247 g/mol. The molecule has 2 aromatic rings. The molecule has 3 rings (SSSR count). The number of ether oxygens (including phenoxy) is 1. The van der Waals surface area contributed by atoms with E-state index in [1.54, 1.807) is 24.0 Å². The average molecular weight is 247 g/mol. The molecule has 0 bridgehead atoms. The van der Waals surface area contributed by atoms with Gasteiger partial charge in [-0.2, -0.15) is 5.10 Å². The molecule has 0 spiro atoms. The molecule has 0 unspecified atom stereocenters. The van der Waals surface area contributed by atoms with Crippen molar-refractivity contribution >= 4 is 5.82 Å². The fraction of sp³-hybridized carbons (Fsp3) is 0.308. The predicted molar refractivity (Wildman–Crippen MR) is 66.7 cm³/mol. The molecule has 0 amide bonds. The highest BCUT2D eigenvalue weighted by Crippen LogP contribution is 2.37. The van der Waals surface area contributed by atoms with Crippen LogP contribution in [0.3, 0.4) is 0 Å². The van der Waals surface area contributed by atoms with Gasteiger partial charge in [-0.1, -0.05) is 0 Å². The highest BCUT2D eigenvalue weighted by atomic mass is 19.1. The Morgan fingerprint density at radius 2 is 2.17 bits per heavy atom. The SMILES string of the molecule is Cn1ncc(-c2cc(F)ccc2OC2CC2)c1N. The normalized spacial score (nSPS) is 14.8. The Balaban J connectivity index is 2.07. The van der Waals surface area contributed by atoms with Crippen molar-refractivity contribution in [2.24, 2.45) is 7.05 Å². The molecule has 1 aromatic heterocycles. The molecule has 0 saturated heterocycles. The zero-order valence-electron chi connectivity index (χ0n) is 10.1. The van der Waals surface area contributed by atoms with Gasteiger partial charge in [0.05, 0.1) is 12.3 Å². The number of nitrogens with two attached hydrogens (primary N) is 1. The summed E-state index contributed by atoms with van der Waals surface area (Å²) in [7, 11) is 1.75. The van der Waals surface area contributed by atoms with Gasteiger partial charge in [-0.25, -0.2) is 4.39 Å². The lowest BCUT2D eigenvalue weighted by Crippen LogP contribution is -2.01. The smallest absolute Gasteiger partial charge is 0.129 e. The lowest BCUT2D eigenvalue weighted by Gasteiger charge is -2.10. The number of nitrogens with zero attached hydrogens (tertiary/aromatic N) is 2. The summed E-state index contributed by atoms with van der Waals surface area (Å²) in [5.41, 5.74) is 7.28. The molecule has 1 aromatic carbocycles. The number of aromatic nitrogens is 2. The summed E-state index contributed by atoms with van der Waals surface area (Å²) >= 11 is 0. The van der Waals surface area contributed by atoms with Crippen LogP contribution in [0.1, 0.15) is 12.8 Å². The van der Waals surface area contributed by atoms with Crippen LogP contribution in [0.15, 0.2) is 24.4 Å². The Hall–Kier alpha value is -2.04. The van der Waals surface area contributed by atoms with E-state index in [4.69, 9.17) is 10.5 Å². The van der Waals surface area contributed by atoms with E-state index >= 15 is 0 Å². The minimum Gasteiger partial charge on any atom is -0.490 e. The van der Waals surface area contributed by atoms with Gasteiger partial charge in [0.25, 0.3) is 0 Å². The maximum absolute atomic E-state index is 13.4. The van der Waals surface area contributed by atoms with E-state index in [1.165, 1.54) is 12.1 Å². The molecular formula is C13H14FN3O. The van der Waals surface area contributed by atoms with Crippen LogP contribution in [-0.2, 0) is 7.05 Å². The van der Waals surface area contributed by atoms with Crippen molar-refractivity contribution in [3.8, 4) is 16.9 Å². The Bertz CT molecular complexity index is 590. The van der Waals surface area contributed by atoms with Crippen LogP contribution >= 0.6 is 0 Å². The number of aryl methyl sites for hydroxylation is 1. The standard InChI is InChI=1S/C13H14FN3O/c1-17-13(15)11(7-16-17)10-6-8(14)2-5-12(10)18-9-3-4-9/h2,5-7,9H,3-4,15H2,1H3. The molecule has 1 aliphatic rings. The first-order valence-corrected chi connectivity index (χ1v) is 5.89. The van der Waals surface area contributed by atoms with E-state index in [0.29, 0.717) is 22.7 Å². The summed E-state index contributed by atoms with van der Waals surface area (Å²) in [6, 6.07) is 4.48. The summed E-state index contributed by atoms with van der Waals surface area (Å²) in [6.07, 6.45) is 4.00. The summed E-state index contributed by atoms with van der Waals surface area (Å²) in [5, 5.41) is 4.07. The van der Waals surface area contributed by atoms with Gasteiger partial charge in [0.1, 0.15) is 17.4 Å². The fourth-order valence-electron chi connectivity index (χ4n) is 1.84. The third kappa shape index (κ3) is 1.92. The lowest BCUT2D eigenvalue weighted by atomic mass is 10.1. The van der Waals surface area contributed by atoms with Crippen LogP contribution in [-0.4, -0.2) is 15.9 Å². The molecule has 1 heterocycles. The maximum atomic E-state index is 13.4. The highest BCUT2D eigenvalue weighted by Gasteiger charge is 2.25. The van der Waals surface area contributed by atoms with E-state index in [9.17, 15) is 4.39 Å². The molecule has 0 atom stereocenters. The van der Waals surface area contributed by atoms with E-state index in [0.717, 1.165) is 12.8 Å². The molecule has 94 valence electrons. The first-order valence-electron chi connectivity index (χ1n) is 5.89. The van der Waals surface area contributed by atoms with Crippen LogP contribution in [0.5, 0.6) is 5.75 Å². The van der Waals surface area contributed by atoms with Gasteiger partial charge in [0.2, 0.25) is 0 Å². The first kappa shape index (κ1) is 11.1. The van der Waals surface area contributed by atoms with E-state index in [1.807, 2.05) is 0 Å². The zero-order valence-corrected chi connectivity index (χ0v) is 10.1. The number of anilines is 1. The van der Waals surface area contributed by atoms with E-state index in [-0.39, 0.29) is 11.9 Å². The molecular weight excluding hydrogens is 233 g/mol. The van der Waals surface area contributed by atoms with Crippen molar-refractivity contribution in [1.82, 2.24) is 9.78 Å². The van der Waals surface area contributed by atoms with Gasteiger partial charge in [0, 0.05) is 18.2 Å². The van der Waals surface area contributed by atoms with Crippen molar-refractivity contribution in [3.05, 3.63) is 30.2 Å². The average Bonchev–Trinajstić information content (AvgIpc) is 3.10. The molecule has 1 fully saturated rings. The predicted octanol–water partition coefficient (Wildman–Crippen LogP) is 2.35. The molecule has 0 aliphatic heterocycles. The highest BCUT2D eigenvalue weighted by molar-refractivity contribution is 5.78. The summed E-state index contributed by atoms with van der Waals surface area (Å²) in [5.74, 6) is 0.858. The van der Waals surface area contributed by atoms with Gasteiger partial charge in [-0.05, 0) is 31.0 Å². The molecule has 1 saturated carbocycles. The molecule has 2 N–H and O–H groups in total. The topological polar surface area (TPSA) is 53.1 Å². The van der Waals surface area contributed by atoms with Crippen LogP contribution in [0.4, 0.5) is 10.2 Å². The molecule has 4 nitrogen and oxygen atoms in total. The van der Waals surface area contributed by atoms with Crippen molar-refractivity contribution in [1.29, 1.82) is 0 Å². The minimum absolute atomic E-state index is 0.257. The summed E-state index contributed by atoms with van der Waals surface area (Å²) in [6.45, 7) is 0. The fourth-order valence-corrected chi connectivity index (χ4v) is 1.84. The van der Waals surface area contributed by atoms with Crippen molar-refractivity contribution in [2.45, 2.75) is 18.9 Å². The van der Waals surface area contributed by atoms with Crippen LogP contribution < -0.4 is 10.5 Å². The van der Waals surface area contributed by atoms with Crippen LogP contribution in [0.2, 0.25) is 0 Å². The summed E-state index contributed by atoms with van der Waals surface area (Å²) in [4.78, 5) is 0. The Morgan fingerprint density at radius 1 is 1.39 bits per heavy atom. The van der Waals surface area contributed by atoms with Gasteiger partial charge in [-0.15, -0.1) is 0 Å². The molecule has 5 heteroatoms. The van der Waals surface area contributed by atoms with Crippen molar-refractivity contribution in [2.75, 3.05) is 5.73 Å². The van der Waals surface area contributed by atoms with Crippen molar-refractivity contribution in [3.63, 3.8) is 0 Å². The van der Waals surface area contributed by atoms with E-state index in [2.05, 4.69) is 5.10 Å². The third-order valence-electron chi connectivity index (χ3n) is 3.03. The quantitative estimate of drug-likeness (QED) is 0.905. The number of hydrogen-bond donors (Lipinski definition) is 1. The van der Waals surface area contributed by atoms with Gasteiger partial charge in [0.15, 0.2) is 0 Å². The number of hydrogen-bond acceptors (Lipinski definition) is 3. The van der Waals surface area contributed by atoms with Crippen LogP contribution in [0, 0.1) is 5.82 Å². The largest absolute Gasteiger partial charge is 0.490 e. The third-order valence-corrected chi connectivity index (χ3v) is 3.03. The Kier molecular flexibility index (Phi) is 2.47.